The summed E-state index contributed by atoms with van der Waals surface area (Å²) in [6.07, 6.45) is 0.145. The molecule has 0 aliphatic heterocycles. The van der Waals surface area contributed by atoms with Crippen LogP contribution in [0.3, 0.4) is 0 Å². The smallest absolute Gasteiger partial charge is 0.307 e. The highest BCUT2D eigenvalue weighted by Gasteiger charge is 2.50. The van der Waals surface area contributed by atoms with Gasteiger partial charge >= 0.3 is 5.97 Å². The molecule has 0 aliphatic carbocycles. The van der Waals surface area contributed by atoms with Crippen molar-refractivity contribution in [2.24, 2.45) is 0 Å². The number of benzene rings is 3. The number of aliphatic carboxylic acids is 1. The van der Waals surface area contributed by atoms with Crippen molar-refractivity contribution >= 4 is 29.1 Å². The first-order chi connectivity index (χ1) is 12.2. The Hall–Kier alpha value is -2.44. The summed E-state index contributed by atoms with van der Waals surface area (Å²) >= 11 is 0. The van der Waals surface area contributed by atoms with E-state index in [0.29, 0.717) is 0 Å². The van der Waals surface area contributed by atoms with Gasteiger partial charge < -0.3 is 5.11 Å². The fourth-order valence-electron chi connectivity index (χ4n) is 3.59. The third kappa shape index (κ3) is 3.36. The van der Waals surface area contributed by atoms with Crippen molar-refractivity contribution in [2.45, 2.75) is 19.0 Å². The molecule has 0 aromatic heterocycles. The normalized spacial score (nSPS) is 12.5. The van der Waals surface area contributed by atoms with E-state index in [2.05, 4.69) is 43.3 Å². The number of carboxylic acid groups (broad SMARTS) is 1. The molecule has 0 amide bonds. The zero-order valence-corrected chi connectivity index (χ0v) is 15.1. The van der Waals surface area contributed by atoms with Crippen LogP contribution in [0.2, 0.25) is 0 Å². The van der Waals surface area contributed by atoms with Crippen molar-refractivity contribution in [3.05, 3.63) is 91.0 Å². The summed E-state index contributed by atoms with van der Waals surface area (Å²) in [5, 5.41) is 13.2. The van der Waals surface area contributed by atoms with E-state index in [9.17, 15) is 9.90 Å². The molecule has 0 bridgehead atoms. The van der Waals surface area contributed by atoms with E-state index >= 15 is 0 Å². The molecule has 2 nitrogen and oxygen atoms in total. The van der Waals surface area contributed by atoms with Crippen LogP contribution in [0.15, 0.2) is 91.0 Å². The molecule has 0 heterocycles. The first-order valence-electron chi connectivity index (χ1n) is 8.43. The summed E-state index contributed by atoms with van der Waals surface area (Å²) in [4.78, 5) is 11.6. The minimum Gasteiger partial charge on any atom is -0.481 e. The van der Waals surface area contributed by atoms with E-state index in [1.165, 1.54) is 15.9 Å². The molecule has 0 spiro atoms. The molecule has 1 N–H and O–H groups in total. The van der Waals surface area contributed by atoms with Gasteiger partial charge in [0, 0.05) is 0 Å². The van der Waals surface area contributed by atoms with Gasteiger partial charge in [-0.1, -0.05) is 54.6 Å². The van der Waals surface area contributed by atoms with Crippen LogP contribution in [0.25, 0.3) is 0 Å². The highest BCUT2D eigenvalue weighted by molar-refractivity contribution is 7.96. The highest BCUT2D eigenvalue weighted by atomic mass is 31.2. The SMILES string of the molecule is CC(CC(=O)O)[P+](c1ccccc1)(c1ccccc1)c1ccccc1. The lowest BCUT2D eigenvalue weighted by molar-refractivity contribution is -0.136. The van der Waals surface area contributed by atoms with Crippen molar-refractivity contribution in [3.8, 4) is 0 Å². The molecular weight excluding hydrogens is 327 g/mol. The summed E-state index contributed by atoms with van der Waals surface area (Å²) in [5.74, 6) is -0.750. The molecule has 3 rings (SSSR count). The maximum absolute atomic E-state index is 11.6. The first kappa shape index (κ1) is 17.4. The van der Waals surface area contributed by atoms with Gasteiger partial charge in [0.05, 0.1) is 12.1 Å². The van der Waals surface area contributed by atoms with E-state index in [4.69, 9.17) is 0 Å². The fourth-order valence-corrected chi connectivity index (χ4v) is 8.37. The molecule has 3 aromatic rings. The Bertz CT molecular complexity index is 720. The number of carboxylic acids is 1. The quantitative estimate of drug-likeness (QED) is 0.687. The van der Waals surface area contributed by atoms with E-state index in [0.717, 1.165) is 0 Å². The summed E-state index contributed by atoms with van der Waals surface area (Å²) in [7, 11) is -2.08. The molecule has 3 heteroatoms. The summed E-state index contributed by atoms with van der Waals surface area (Å²) in [6, 6.07) is 31.2. The molecule has 1 unspecified atom stereocenters. The van der Waals surface area contributed by atoms with Gasteiger partial charge in [-0.25, -0.2) is 0 Å². The van der Waals surface area contributed by atoms with Gasteiger partial charge in [-0.3, -0.25) is 4.79 Å². The predicted molar refractivity (Wildman–Crippen MR) is 107 cm³/mol. The molecule has 1 atom stereocenters. The van der Waals surface area contributed by atoms with Crippen LogP contribution >= 0.6 is 7.26 Å². The van der Waals surface area contributed by atoms with Crippen LogP contribution in [0.4, 0.5) is 0 Å². The topological polar surface area (TPSA) is 37.3 Å². The lowest BCUT2D eigenvalue weighted by Gasteiger charge is -2.32. The largest absolute Gasteiger partial charge is 0.481 e. The van der Waals surface area contributed by atoms with Crippen LogP contribution < -0.4 is 15.9 Å². The average Bonchev–Trinajstić information content (AvgIpc) is 2.64. The Morgan fingerprint density at radius 2 is 1.08 bits per heavy atom. The molecule has 0 saturated heterocycles. The highest BCUT2D eigenvalue weighted by Crippen LogP contribution is 2.60. The Morgan fingerprint density at radius 3 is 1.36 bits per heavy atom. The van der Waals surface area contributed by atoms with Gasteiger partial charge in [0.2, 0.25) is 0 Å². The fraction of sp³-hybridized carbons (Fsp3) is 0.136. The van der Waals surface area contributed by atoms with Crippen LogP contribution in [0, 0.1) is 0 Å². The summed E-state index contributed by atoms with van der Waals surface area (Å²) in [5.41, 5.74) is -0.00259. The number of hydrogen-bond donors (Lipinski definition) is 1. The van der Waals surface area contributed by atoms with Crippen LogP contribution in [0.1, 0.15) is 13.3 Å². The summed E-state index contributed by atoms with van der Waals surface area (Å²) in [6.45, 7) is 2.08. The maximum Gasteiger partial charge on any atom is 0.307 e. The first-order valence-corrected chi connectivity index (χ1v) is 10.3. The molecule has 126 valence electrons. The minimum absolute atomic E-state index is 0.00259. The average molecular weight is 349 g/mol. The van der Waals surface area contributed by atoms with Gasteiger partial charge in [-0.2, -0.15) is 0 Å². The van der Waals surface area contributed by atoms with Gasteiger partial charge in [0.1, 0.15) is 23.2 Å². The van der Waals surface area contributed by atoms with Gasteiger partial charge in [0.15, 0.2) is 0 Å². The molecule has 0 radical (unpaired) electrons. The van der Waals surface area contributed by atoms with Gasteiger partial charge in [-0.05, 0) is 43.3 Å². The summed E-state index contributed by atoms with van der Waals surface area (Å²) < 4.78 is 0. The molecule has 3 aromatic carbocycles. The lowest BCUT2D eigenvalue weighted by atomic mass is 10.3. The van der Waals surface area contributed by atoms with Crippen molar-refractivity contribution in [2.75, 3.05) is 0 Å². The standard InChI is InChI=1S/C22H21O2P/c1-18(17-22(23)24)25(19-11-5-2-6-12-19,20-13-7-3-8-14-20)21-15-9-4-10-16-21/h2-16,18H,17H2,1H3/p+1. The Labute approximate surface area is 149 Å². The van der Waals surface area contributed by atoms with Crippen LogP contribution in [-0.4, -0.2) is 16.7 Å². The second-order valence-electron chi connectivity index (χ2n) is 6.18. The predicted octanol–water partition coefficient (Wildman–Crippen LogP) is 3.84. The van der Waals surface area contributed by atoms with Gasteiger partial charge in [0.25, 0.3) is 0 Å². The third-order valence-electron chi connectivity index (χ3n) is 4.62. The van der Waals surface area contributed by atoms with E-state index in [1.54, 1.807) is 0 Å². The molecular formula is C22H22O2P+. The van der Waals surface area contributed by atoms with Crippen molar-refractivity contribution in [3.63, 3.8) is 0 Å². The van der Waals surface area contributed by atoms with Crippen LogP contribution in [0.5, 0.6) is 0 Å². The van der Waals surface area contributed by atoms with E-state index in [-0.39, 0.29) is 12.1 Å². The Kier molecular flexibility index (Phi) is 5.31. The zero-order chi connectivity index (χ0) is 17.7. The van der Waals surface area contributed by atoms with Crippen molar-refractivity contribution in [1.29, 1.82) is 0 Å². The van der Waals surface area contributed by atoms with Crippen molar-refractivity contribution in [1.82, 2.24) is 0 Å². The van der Waals surface area contributed by atoms with Gasteiger partial charge in [-0.15, -0.1) is 0 Å². The molecule has 0 saturated carbocycles. The second-order valence-corrected chi connectivity index (χ2v) is 10.1. The van der Waals surface area contributed by atoms with E-state index in [1.807, 2.05) is 54.6 Å². The van der Waals surface area contributed by atoms with Crippen LogP contribution in [-0.2, 0) is 4.79 Å². The minimum atomic E-state index is -2.08. The lowest BCUT2D eigenvalue weighted by Crippen LogP contribution is -2.38. The maximum atomic E-state index is 11.6. The number of rotatable bonds is 6. The third-order valence-corrected chi connectivity index (χ3v) is 9.46. The molecule has 25 heavy (non-hydrogen) atoms. The molecule has 0 aliphatic rings. The second kappa shape index (κ2) is 7.63. The number of hydrogen-bond acceptors (Lipinski definition) is 1. The van der Waals surface area contributed by atoms with E-state index < -0.39 is 13.2 Å². The molecule has 0 fully saturated rings. The zero-order valence-electron chi connectivity index (χ0n) is 14.2. The monoisotopic (exact) mass is 349 g/mol. The number of carbonyl (C=O) groups is 1. The Morgan fingerprint density at radius 1 is 0.760 bits per heavy atom. The van der Waals surface area contributed by atoms with Crippen molar-refractivity contribution < 1.29 is 9.90 Å². The Balaban J connectivity index is 2.33.